The van der Waals surface area contributed by atoms with Crippen molar-refractivity contribution < 1.29 is 8.78 Å². The van der Waals surface area contributed by atoms with Gasteiger partial charge in [-0.25, -0.2) is 8.78 Å². The number of hydrogen-bond donors (Lipinski definition) is 3. The smallest absolute Gasteiger partial charge is 0.123 e. The minimum absolute atomic E-state index is 0. The summed E-state index contributed by atoms with van der Waals surface area (Å²) in [5, 5.41) is 3.44. The van der Waals surface area contributed by atoms with E-state index in [1.807, 2.05) is 6.07 Å². The fourth-order valence-electron chi connectivity index (χ4n) is 3.66. The molecule has 8 heteroatoms. The van der Waals surface area contributed by atoms with E-state index in [9.17, 15) is 8.78 Å². The second-order valence-electron chi connectivity index (χ2n) is 8.81. The Morgan fingerprint density at radius 2 is 1.14 bits per heavy atom. The third kappa shape index (κ3) is 10.4. The van der Waals surface area contributed by atoms with Gasteiger partial charge in [0.2, 0.25) is 0 Å². The third-order valence-electron chi connectivity index (χ3n) is 5.81. The molecule has 0 bridgehead atoms. The normalized spacial score (nSPS) is 12.2. The van der Waals surface area contributed by atoms with Crippen molar-refractivity contribution in [1.29, 1.82) is 0 Å². The van der Waals surface area contributed by atoms with Crippen LogP contribution in [-0.4, -0.2) is 18.6 Å². The van der Waals surface area contributed by atoms with Gasteiger partial charge in [-0.05, 0) is 89.0 Å². The van der Waals surface area contributed by atoms with Crippen molar-refractivity contribution in [3.8, 4) is 22.3 Å². The van der Waals surface area contributed by atoms with Crippen molar-refractivity contribution in [3.63, 3.8) is 0 Å². The van der Waals surface area contributed by atoms with Gasteiger partial charge in [-0.1, -0.05) is 38.1 Å². The standard InChI is InChI=1S/C27H33F2N3.3ClH/c1-18(2)27(31)12-11-26(30)17-32-16-19-13-22(20-3-7-24(28)8-4-20)15-23(14-19)21-5-9-25(29)10-6-21;;;/h3-10,13-15,18,26-27,32H,11-12,16-17,30-31H2,1-2H3;3*1H/t26-,27?;;;/m0.../s1. The first kappa shape index (κ1) is 33.3. The van der Waals surface area contributed by atoms with E-state index >= 15 is 0 Å². The molecule has 0 spiro atoms. The number of hydrogen-bond acceptors (Lipinski definition) is 3. The highest BCUT2D eigenvalue weighted by atomic mass is 35.5. The van der Waals surface area contributed by atoms with Crippen LogP contribution in [0.3, 0.4) is 0 Å². The summed E-state index contributed by atoms with van der Waals surface area (Å²) in [6.45, 7) is 5.59. The topological polar surface area (TPSA) is 64.1 Å². The first-order valence-electron chi connectivity index (χ1n) is 11.2. The van der Waals surface area contributed by atoms with E-state index in [-0.39, 0.29) is 60.9 Å². The Morgan fingerprint density at radius 3 is 1.57 bits per heavy atom. The summed E-state index contributed by atoms with van der Waals surface area (Å²) < 4.78 is 26.8. The Labute approximate surface area is 226 Å². The van der Waals surface area contributed by atoms with E-state index in [1.165, 1.54) is 24.3 Å². The molecule has 0 fully saturated rings. The molecule has 3 nitrogen and oxygen atoms in total. The van der Waals surface area contributed by atoms with Crippen molar-refractivity contribution >= 4 is 37.2 Å². The van der Waals surface area contributed by atoms with Crippen LogP contribution in [0.5, 0.6) is 0 Å². The zero-order chi connectivity index (χ0) is 23.1. The minimum atomic E-state index is -0.267. The van der Waals surface area contributed by atoms with E-state index in [0.29, 0.717) is 19.0 Å². The summed E-state index contributed by atoms with van der Waals surface area (Å²) in [5.41, 5.74) is 17.3. The van der Waals surface area contributed by atoms with Crippen molar-refractivity contribution in [3.05, 3.63) is 83.9 Å². The van der Waals surface area contributed by atoms with Gasteiger partial charge < -0.3 is 16.8 Å². The molecule has 3 aromatic rings. The SMILES string of the molecule is CC(C)C(N)CC[C@H](N)CNCc1cc(-c2ccc(F)cc2)cc(-c2ccc(F)cc2)c1.Cl.Cl.Cl. The van der Waals surface area contributed by atoms with Gasteiger partial charge in [0.1, 0.15) is 11.6 Å². The Hall–Kier alpha value is -1.73. The predicted molar refractivity (Wildman–Crippen MR) is 151 cm³/mol. The van der Waals surface area contributed by atoms with Gasteiger partial charge >= 0.3 is 0 Å². The number of nitrogens with two attached hydrogens (primary N) is 2. The quantitative estimate of drug-likeness (QED) is 0.264. The van der Waals surface area contributed by atoms with E-state index in [4.69, 9.17) is 11.5 Å². The summed E-state index contributed by atoms with van der Waals surface area (Å²) in [6, 6.07) is 19.3. The van der Waals surface area contributed by atoms with Gasteiger partial charge in [-0.15, -0.1) is 37.2 Å². The molecule has 0 heterocycles. The predicted octanol–water partition coefficient (Wildman–Crippen LogP) is 6.74. The number of halogens is 5. The van der Waals surface area contributed by atoms with Gasteiger partial charge in [0, 0.05) is 25.2 Å². The van der Waals surface area contributed by atoms with Crippen LogP contribution in [0, 0.1) is 17.6 Å². The van der Waals surface area contributed by atoms with Crippen LogP contribution < -0.4 is 16.8 Å². The highest BCUT2D eigenvalue weighted by Gasteiger charge is 2.11. The maximum absolute atomic E-state index is 13.4. The van der Waals surface area contributed by atoms with Crippen LogP contribution in [0.25, 0.3) is 22.3 Å². The lowest BCUT2D eigenvalue weighted by Gasteiger charge is -2.19. The van der Waals surface area contributed by atoms with Gasteiger partial charge in [0.05, 0.1) is 0 Å². The molecular formula is C27H36Cl3F2N3. The summed E-state index contributed by atoms with van der Waals surface area (Å²) >= 11 is 0. The summed E-state index contributed by atoms with van der Waals surface area (Å²) in [7, 11) is 0. The molecule has 0 saturated heterocycles. The van der Waals surface area contributed by atoms with Crippen molar-refractivity contribution in [1.82, 2.24) is 5.32 Å². The largest absolute Gasteiger partial charge is 0.327 e. The van der Waals surface area contributed by atoms with Crippen LogP contribution in [0.4, 0.5) is 8.78 Å². The molecule has 0 aliphatic rings. The van der Waals surface area contributed by atoms with E-state index in [0.717, 1.165) is 40.7 Å². The lowest BCUT2D eigenvalue weighted by atomic mass is 9.96. The monoisotopic (exact) mass is 545 g/mol. The zero-order valence-corrected chi connectivity index (χ0v) is 22.5. The average Bonchev–Trinajstić information content (AvgIpc) is 2.78. The number of nitrogens with one attached hydrogen (secondary N) is 1. The molecule has 194 valence electrons. The van der Waals surface area contributed by atoms with Gasteiger partial charge in [-0.2, -0.15) is 0 Å². The van der Waals surface area contributed by atoms with Crippen LogP contribution in [0.15, 0.2) is 66.7 Å². The summed E-state index contributed by atoms with van der Waals surface area (Å²) in [4.78, 5) is 0. The summed E-state index contributed by atoms with van der Waals surface area (Å²) in [5.74, 6) is -0.0813. The van der Waals surface area contributed by atoms with E-state index in [1.54, 1.807) is 24.3 Å². The van der Waals surface area contributed by atoms with E-state index < -0.39 is 0 Å². The lowest BCUT2D eigenvalue weighted by molar-refractivity contribution is 0.421. The van der Waals surface area contributed by atoms with Crippen molar-refractivity contribution in [2.45, 2.75) is 45.3 Å². The first-order chi connectivity index (χ1) is 15.3. The Kier molecular flexibility index (Phi) is 15.3. The Balaban J connectivity index is 0.00000385. The van der Waals surface area contributed by atoms with E-state index in [2.05, 4.69) is 31.3 Å². The minimum Gasteiger partial charge on any atom is -0.327 e. The Morgan fingerprint density at radius 1 is 0.686 bits per heavy atom. The van der Waals surface area contributed by atoms with Gasteiger partial charge in [0.15, 0.2) is 0 Å². The summed E-state index contributed by atoms with van der Waals surface area (Å²) in [6.07, 6.45) is 1.79. The molecule has 1 unspecified atom stereocenters. The molecule has 3 rings (SSSR count). The van der Waals surface area contributed by atoms with Gasteiger partial charge in [-0.3, -0.25) is 0 Å². The van der Waals surface area contributed by atoms with Crippen LogP contribution in [0.1, 0.15) is 32.3 Å². The highest BCUT2D eigenvalue weighted by molar-refractivity contribution is 5.86. The number of benzene rings is 3. The molecule has 5 N–H and O–H groups in total. The van der Waals surface area contributed by atoms with Crippen molar-refractivity contribution in [2.75, 3.05) is 6.54 Å². The second-order valence-corrected chi connectivity index (χ2v) is 8.81. The molecule has 0 radical (unpaired) electrons. The molecular weight excluding hydrogens is 511 g/mol. The maximum Gasteiger partial charge on any atom is 0.123 e. The average molecular weight is 547 g/mol. The fraction of sp³-hybridized carbons (Fsp3) is 0.333. The molecule has 35 heavy (non-hydrogen) atoms. The highest BCUT2D eigenvalue weighted by Crippen LogP contribution is 2.29. The second kappa shape index (κ2) is 16.1. The molecule has 0 saturated carbocycles. The maximum atomic E-state index is 13.4. The Bertz CT molecular complexity index is 936. The number of rotatable bonds is 10. The van der Waals surface area contributed by atoms with Crippen LogP contribution in [0.2, 0.25) is 0 Å². The molecule has 2 atom stereocenters. The first-order valence-corrected chi connectivity index (χ1v) is 11.2. The van der Waals surface area contributed by atoms with Crippen molar-refractivity contribution in [2.24, 2.45) is 17.4 Å². The third-order valence-corrected chi connectivity index (χ3v) is 5.81. The van der Waals surface area contributed by atoms with Crippen LogP contribution >= 0.6 is 37.2 Å². The molecule has 0 amide bonds. The van der Waals surface area contributed by atoms with Gasteiger partial charge in [0.25, 0.3) is 0 Å². The fourth-order valence-corrected chi connectivity index (χ4v) is 3.66. The molecule has 3 aromatic carbocycles. The molecule has 0 aliphatic heterocycles. The van der Waals surface area contributed by atoms with Crippen LogP contribution in [-0.2, 0) is 6.54 Å². The molecule has 0 aromatic heterocycles. The lowest BCUT2D eigenvalue weighted by Crippen LogP contribution is -2.36. The zero-order valence-electron chi connectivity index (χ0n) is 20.0. The molecule has 0 aliphatic carbocycles.